The second-order valence-electron chi connectivity index (χ2n) is 6.88. The Kier molecular flexibility index (Phi) is 6.79. The van der Waals surface area contributed by atoms with Crippen molar-refractivity contribution in [3.05, 3.63) is 77.9 Å². The molecule has 0 fully saturated rings. The zero-order valence-corrected chi connectivity index (χ0v) is 16.2. The standard InChI is InChI=1S/C24H26N2O2/c1-2-8-22(27)26-21-14-7-13-19-11-6-12-20(24(19)21)15-16-25-23(28)17-18-9-4-3-5-10-18/h3-7,9-14H,2,8,15-17H2,1H3,(H,25,28)(H,26,27). The summed E-state index contributed by atoms with van der Waals surface area (Å²) in [6.45, 7) is 2.55. The molecular weight excluding hydrogens is 348 g/mol. The van der Waals surface area contributed by atoms with Crippen LogP contribution in [0, 0.1) is 0 Å². The van der Waals surface area contributed by atoms with Crippen molar-refractivity contribution in [1.82, 2.24) is 5.32 Å². The van der Waals surface area contributed by atoms with Gasteiger partial charge in [0.2, 0.25) is 11.8 Å². The summed E-state index contributed by atoms with van der Waals surface area (Å²) in [6.07, 6.45) is 2.41. The maximum absolute atomic E-state index is 12.2. The van der Waals surface area contributed by atoms with E-state index in [4.69, 9.17) is 0 Å². The van der Waals surface area contributed by atoms with Crippen molar-refractivity contribution in [2.24, 2.45) is 0 Å². The number of nitrogens with one attached hydrogen (secondary N) is 2. The fraction of sp³-hybridized carbons (Fsp3) is 0.250. The highest BCUT2D eigenvalue weighted by atomic mass is 16.2. The Hall–Kier alpha value is -3.14. The van der Waals surface area contributed by atoms with E-state index in [-0.39, 0.29) is 11.8 Å². The van der Waals surface area contributed by atoms with Gasteiger partial charge in [-0.25, -0.2) is 0 Å². The molecule has 0 unspecified atom stereocenters. The summed E-state index contributed by atoms with van der Waals surface area (Å²) >= 11 is 0. The molecule has 0 aromatic heterocycles. The van der Waals surface area contributed by atoms with Crippen LogP contribution >= 0.6 is 0 Å². The zero-order chi connectivity index (χ0) is 19.8. The molecule has 0 saturated carbocycles. The molecule has 0 spiro atoms. The fourth-order valence-corrected chi connectivity index (χ4v) is 3.35. The second-order valence-corrected chi connectivity index (χ2v) is 6.88. The van der Waals surface area contributed by atoms with Crippen LogP contribution in [-0.2, 0) is 22.4 Å². The van der Waals surface area contributed by atoms with E-state index >= 15 is 0 Å². The highest BCUT2D eigenvalue weighted by Gasteiger charge is 2.10. The van der Waals surface area contributed by atoms with E-state index in [1.165, 1.54) is 0 Å². The van der Waals surface area contributed by atoms with Crippen LogP contribution in [0.2, 0.25) is 0 Å². The van der Waals surface area contributed by atoms with Gasteiger partial charge in [0.15, 0.2) is 0 Å². The van der Waals surface area contributed by atoms with Crippen molar-refractivity contribution in [2.75, 3.05) is 11.9 Å². The Morgan fingerprint density at radius 2 is 1.61 bits per heavy atom. The minimum atomic E-state index is 0.0166. The maximum Gasteiger partial charge on any atom is 0.224 e. The third-order valence-electron chi connectivity index (χ3n) is 4.67. The van der Waals surface area contributed by atoms with Crippen LogP contribution in [0.3, 0.4) is 0 Å². The number of hydrogen-bond donors (Lipinski definition) is 2. The van der Waals surface area contributed by atoms with Crippen molar-refractivity contribution < 1.29 is 9.59 Å². The molecule has 0 atom stereocenters. The Bertz CT molecular complexity index is 946. The highest BCUT2D eigenvalue weighted by Crippen LogP contribution is 2.27. The number of amides is 2. The quantitative estimate of drug-likeness (QED) is 0.611. The van der Waals surface area contributed by atoms with Gasteiger partial charge >= 0.3 is 0 Å². The first-order valence-electron chi connectivity index (χ1n) is 9.78. The van der Waals surface area contributed by atoms with E-state index in [9.17, 15) is 9.59 Å². The summed E-state index contributed by atoms with van der Waals surface area (Å²) < 4.78 is 0. The molecular formula is C24H26N2O2. The lowest BCUT2D eigenvalue weighted by atomic mass is 10.00. The normalized spacial score (nSPS) is 10.6. The number of rotatable bonds is 8. The predicted octanol–water partition coefficient (Wildman–Crippen LogP) is 4.48. The summed E-state index contributed by atoms with van der Waals surface area (Å²) in [4.78, 5) is 24.3. The zero-order valence-electron chi connectivity index (χ0n) is 16.2. The van der Waals surface area contributed by atoms with E-state index in [1.807, 2.05) is 67.6 Å². The fourth-order valence-electron chi connectivity index (χ4n) is 3.35. The van der Waals surface area contributed by atoms with Crippen LogP contribution in [0.1, 0.15) is 30.9 Å². The number of carbonyl (C=O) groups excluding carboxylic acids is 2. The molecule has 0 heterocycles. The first-order valence-corrected chi connectivity index (χ1v) is 9.78. The van der Waals surface area contributed by atoms with Gasteiger partial charge in [0, 0.05) is 24.0 Å². The molecule has 2 amide bonds. The third kappa shape index (κ3) is 5.19. The second kappa shape index (κ2) is 9.70. The maximum atomic E-state index is 12.2. The Labute approximate surface area is 166 Å². The third-order valence-corrected chi connectivity index (χ3v) is 4.67. The van der Waals surface area contributed by atoms with E-state index in [1.54, 1.807) is 0 Å². The van der Waals surface area contributed by atoms with Gasteiger partial charge in [-0.1, -0.05) is 67.6 Å². The van der Waals surface area contributed by atoms with Gasteiger partial charge in [0.05, 0.1) is 6.42 Å². The van der Waals surface area contributed by atoms with Crippen LogP contribution in [0.4, 0.5) is 5.69 Å². The van der Waals surface area contributed by atoms with Crippen molar-refractivity contribution in [3.63, 3.8) is 0 Å². The first-order chi connectivity index (χ1) is 13.7. The van der Waals surface area contributed by atoms with E-state index in [0.29, 0.717) is 25.8 Å². The van der Waals surface area contributed by atoms with Crippen LogP contribution in [0.15, 0.2) is 66.7 Å². The van der Waals surface area contributed by atoms with Gasteiger partial charge in [-0.3, -0.25) is 9.59 Å². The smallest absolute Gasteiger partial charge is 0.224 e. The lowest BCUT2D eigenvalue weighted by Gasteiger charge is -2.13. The molecule has 0 radical (unpaired) electrons. The molecule has 0 aliphatic rings. The SMILES string of the molecule is CCCC(=O)Nc1cccc2cccc(CCNC(=O)Cc3ccccc3)c12. The Balaban J connectivity index is 1.68. The molecule has 0 saturated heterocycles. The first kappa shape index (κ1) is 19.6. The van der Waals surface area contributed by atoms with Gasteiger partial charge < -0.3 is 10.6 Å². The lowest BCUT2D eigenvalue weighted by molar-refractivity contribution is -0.120. The summed E-state index contributed by atoms with van der Waals surface area (Å²) in [6, 6.07) is 21.8. The van der Waals surface area contributed by atoms with Gasteiger partial charge in [0.1, 0.15) is 0 Å². The Morgan fingerprint density at radius 3 is 2.36 bits per heavy atom. The Morgan fingerprint density at radius 1 is 0.857 bits per heavy atom. The van der Waals surface area contributed by atoms with Crippen LogP contribution in [0.25, 0.3) is 10.8 Å². The van der Waals surface area contributed by atoms with E-state index < -0.39 is 0 Å². The van der Waals surface area contributed by atoms with Gasteiger partial charge in [-0.2, -0.15) is 0 Å². The van der Waals surface area contributed by atoms with Crippen LogP contribution in [-0.4, -0.2) is 18.4 Å². The lowest BCUT2D eigenvalue weighted by Crippen LogP contribution is -2.27. The molecule has 28 heavy (non-hydrogen) atoms. The van der Waals surface area contributed by atoms with E-state index in [0.717, 1.165) is 34.0 Å². The van der Waals surface area contributed by atoms with Gasteiger partial charge in [0.25, 0.3) is 0 Å². The van der Waals surface area contributed by atoms with Crippen LogP contribution < -0.4 is 10.6 Å². The number of benzene rings is 3. The van der Waals surface area contributed by atoms with Crippen molar-refractivity contribution in [3.8, 4) is 0 Å². The average Bonchev–Trinajstić information content (AvgIpc) is 2.69. The molecule has 0 bridgehead atoms. The number of carbonyl (C=O) groups is 2. The summed E-state index contributed by atoms with van der Waals surface area (Å²) in [5, 5.41) is 8.16. The molecule has 4 nitrogen and oxygen atoms in total. The van der Waals surface area contributed by atoms with Crippen LogP contribution in [0.5, 0.6) is 0 Å². The van der Waals surface area contributed by atoms with Crippen molar-refractivity contribution in [2.45, 2.75) is 32.6 Å². The molecule has 4 heteroatoms. The topological polar surface area (TPSA) is 58.2 Å². The number of fused-ring (bicyclic) bond motifs is 1. The van der Waals surface area contributed by atoms with Gasteiger partial charge in [-0.05, 0) is 35.4 Å². The molecule has 144 valence electrons. The molecule has 3 aromatic rings. The number of anilines is 1. The summed E-state index contributed by atoms with van der Waals surface area (Å²) in [5.74, 6) is 0.0453. The highest BCUT2D eigenvalue weighted by molar-refractivity contribution is 6.03. The monoisotopic (exact) mass is 374 g/mol. The van der Waals surface area contributed by atoms with Crippen molar-refractivity contribution in [1.29, 1.82) is 0 Å². The molecule has 0 aliphatic carbocycles. The molecule has 2 N–H and O–H groups in total. The van der Waals surface area contributed by atoms with Gasteiger partial charge in [-0.15, -0.1) is 0 Å². The average molecular weight is 374 g/mol. The summed E-state index contributed by atoms with van der Waals surface area (Å²) in [7, 11) is 0. The minimum Gasteiger partial charge on any atom is -0.355 e. The molecule has 3 rings (SSSR count). The minimum absolute atomic E-state index is 0.0166. The summed E-state index contributed by atoms with van der Waals surface area (Å²) in [5.41, 5.74) is 2.96. The molecule has 0 aliphatic heterocycles. The van der Waals surface area contributed by atoms with E-state index in [2.05, 4.69) is 16.7 Å². The largest absolute Gasteiger partial charge is 0.355 e. The predicted molar refractivity (Wildman–Crippen MR) is 114 cm³/mol. The van der Waals surface area contributed by atoms with Crippen molar-refractivity contribution >= 4 is 28.3 Å². The number of hydrogen-bond acceptors (Lipinski definition) is 2. The molecule has 3 aromatic carbocycles.